The molecule has 9 nitrogen and oxygen atoms in total. The van der Waals surface area contributed by atoms with Gasteiger partial charge in [0.1, 0.15) is 21.3 Å². The SMILES string of the molecule is CCOC(=O)c1sc2nc(CSc3nnc(-c4ccncc4)n3C3CC3)nc(N)c2c1C. The van der Waals surface area contributed by atoms with Crippen LogP contribution < -0.4 is 5.73 Å². The number of carbonyl (C=O) groups excluding carboxylic acids is 1. The number of aryl methyl sites for hydroxylation is 1. The summed E-state index contributed by atoms with van der Waals surface area (Å²) in [4.78, 5) is 26.7. The van der Waals surface area contributed by atoms with E-state index in [0.717, 1.165) is 34.9 Å². The highest BCUT2D eigenvalue weighted by molar-refractivity contribution is 7.98. The average molecular weight is 468 g/mol. The van der Waals surface area contributed by atoms with E-state index in [4.69, 9.17) is 10.5 Å². The molecular weight excluding hydrogens is 446 g/mol. The molecule has 0 aromatic carbocycles. The minimum Gasteiger partial charge on any atom is -0.462 e. The van der Waals surface area contributed by atoms with Gasteiger partial charge in [-0.1, -0.05) is 11.8 Å². The van der Waals surface area contributed by atoms with E-state index >= 15 is 0 Å². The Bertz CT molecular complexity index is 1300. The molecular formula is C21H21N7O2S2. The fraction of sp³-hybridized carbons (Fsp3) is 0.333. The summed E-state index contributed by atoms with van der Waals surface area (Å²) in [5.74, 6) is 1.95. The van der Waals surface area contributed by atoms with Crippen LogP contribution in [0.1, 0.15) is 46.9 Å². The maximum atomic E-state index is 12.2. The van der Waals surface area contributed by atoms with Gasteiger partial charge in [-0.25, -0.2) is 14.8 Å². The second-order valence-electron chi connectivity index (χ2n) is 7.41. The number of aromatic nitrogens is 6. The fourth-order valence-electron chi connectivity index (χ4n) is 3.54. The van der Waals surface area contributed by atoms with Crippen LogP contribution in [-0.4, -0.2) is 42.3 Å². The molecule has 1 saturated carbocycles. The number of hydrogen-bond donors (Lipinski definition) is 1. The molecule has 0 spiro atoms. The maximum absolute atomic E-state index is 12.2. The first kappa shape index (κ1) is 20.8. The van der Waals surface area contributed by atoms with Gasteiger partial charge in [-0.15, -0.1) is 21.5 Å². The number of hydrogen-bond acceptors (Lipinski definition) is 10. The lowest BCUT2D eigenvalue weighted by atomic mass is 10.2. The normalized spacial score (nSPS) is 13.6. The van der Waals surface area contributed by atoms with Crippen LogP contribution in [0, 0.1) is 6.92 Å². The van der Waals surface area contributed by atoms with Crippen LogP contribution in [0.15, 0.2) is 29.7 Å². The summed E-state index contributed by atoms with van der Waals surface area (Å²) in [5.41, 5.74) is 7.99. The topological polar surface area (TPSA) is 122 Å². The van der Waals surface area contributed by atoms with Crippen molar-refractivity contribution in [3.63, 3.8) is 0 Å². The molecule has 11 heteroatoms. The Morgan fingerprint density at radius 2 is 2.06 bits per heavy atom. The summed E-state index contributed by atoms with van der Waals surface area (Å²) in [6.45, 7) is 3.95. The molecule has 164 valence electrons. The van der Waals surface area contributed by atoms with Crippen LogP contribution in [-0.2, 0) is 10.5 Å². The lowest BCUT2D eigenvalue weighted by Crippen LogP contribution is -2.04. The van der Waals surface area contributed by atoms with Crippen molar-refractivity contribution >= 4 is 45.1 Å². The average Bonchev–Trinajstić information content (AvgIpc) is 3.45. The third kappa shape index (κ3) is 3.82. The van der Waals surface area contributed by atoms with Gasteiger partial charge in [0.05, 0.1) is 17.7 Å². The van der Waals surface area contributed by atoms with Crippen molar-refractivity contribution in [1.29, 1.82) is 0 Å². The number of nitrogen functional groups attached to an aromatic ring is 1. The Hall–Kier alpha value is -3.05. The van der Waals surface area contributed by atoms with Gasteiger partial charge in [-0.05, 0) is 44.4 Å². The van der Waals surface area contributed by atoms with Crippen molar-refractivity contribution in [2.24, 2.45) is 0 Å². The highest BCUT2D eigenvalue weighted by atomic mass is 32.2. The molecule has 0 unspecified atom stereocenters. The standard InChI is InChI=1S/C21H21N7O2S2/c1-3-30-20(29)16-11(2)15-17(22)24-14(25-19(15)32-16)10-31-21-27-26-18(28(21)13-4-5-13)12-6-8-23-9-7-12/h6-9,13H,3-5,10H2,1-2H3,(H2,22,24,25). The van der Waals surface area contributed by atoms with E-state index in [1.54, 1.807) is 19.3 Å². The summed E-state index contributed by atoms with van der Waals surface area (Å²) in [6.07, 6.45) is 5.75. The minimum atomic E-state index is -0.357. The molecule has 32 heavy (non-hydrogen) atoms. The fourth-order valence-corrected chi connectivity index (χ4v) is 5.50. The Kier molecular flexibility index (Phi) is 5.51. The summed E-state index contributed by atoms with van der Waals surface area (Å²) in [5, 5.41) is 10.4. The minimum absolute atomic E-state index is 0.318. The lowest BCUT2D eigenvalue weighted by Gasteiger charge is -2.08. The van der Waals surface area contributed by atoms with E-state index in [-0.39, 0.29) is 5.97 Å². The third-order valence-corrected chi connectivity index (χ3v) is 7.28. The van der Waals surface area contributed by atoms with Crippen molar-refractivity contribution in [3.8, 4) is 11.4 Å². The molecule has 1 aliphatic carbocycles. The summed E-state index contributed by atoms with van der Waals surface area (Å²) in [7, 11) is 0. The van der Waals surface area contributed by atoms with E-state index in [1.165, 1.54) is 23.1 Å². The summed E-state index contributed by atoms with van der Waals surface area (Å²) >= 11 is 2.82. The highest BCUT2D eigenvalue weighted by Crippen LogP contribution is 2.41. The van der Waals surface area contributed by atoms with Crippen LogP contribution in [0.5, 0.6) is 0 Å². The molecule has 0 atom stereocenters. The van der Waals surface area contributed by atoms with Crippen molar-refractivity contribution in [3.05, 3.63) is 40.8 Å². The zero-order valence-corrected chi connectivity index (χ0v) is 19.2. The zero-order valence-electron chi connectivity index (χ0n) is 17.6. The van der Waals surface area contributed by atoms with Crippen molar-refractivity contribution in [1.82, 2.24) is 29.7 Å². The Balaban J connectivity index is 1.42. The smallest absolute Gasteiger partial charge is 0.348 e. The number of anilines is 1. The quantitative estimate of drug-likeness (QED) is 0.317. The van der Waals surface area contributed by atoms with Crippen molar-refractivity contribution in [2.45, 2.75) is 43.6 Å². The number of thioether (sulfide) groups is 1. The number of nitrogens with two attached hydrogens (primary N) is 1. The second kappa shape index (κ2) is 8.47. The molecule has 0 saturated heterocycles. The number of pyridine rings is 1. The number of carbonyl (C=O) groups is 1. The van der Waals surface area contributed by atoms with Crippen LogP contribution in [0.3, 0.4) is 0 Å². The largest absolute Gasteiger partial charge is 0.462 e. The molecule has 0 radical (unpaired) electrons. The molecule has 0 amide bonds. The molecule has 4 heterocycles. The van der Waals surface area contributed by atoms with Gasteiger partial charge >= 0.3 is 5.97 Å². The monoisotopic (exact) mass is 467 g/mol. The molecule has 4 aromatic heterocycles. The summed E-state index contributed by atoms with van der Waals surface area (Å²) < 4.78 is 7.34. The number of rotatable bonds is 7. The van der Waals surface area contributed by atoms with Gasteiger partial charge in [0.2, 0.25) is 0 Å². The van der Waals surface area contributed by atoms with Gasteiger partial charge in [0.25, 0.3) is 0 Å². The first-order valence-electron chi connectivity index (χ1n) is 10.3. The first-order valence-corrected chi connectivity index (χ1v) is 12.1. The van der Waals surface area contributed by atoms with Crippen LogP contribution in [0.25, 0.3) is 21.6 Å². The van der Waals surface area contributed by atoms with Crippen molar-refractivity contribution in [2.75, 3.05) is 12.3 Å². The lowest BCUT2D eigenvalue weighted by molar-refractivity contribution is 0.0531. The highest BCUT2D eigenvalue weighted by Gasteiger charge is 2.30. The zero-order chi connectivity index (χ0) is 22.2. The predicted octanol–water partition coefficient (Wildman–Crippen LogP) is 4.04. The van der Waals surface area contributed by atoms with E-state index in [9.17, 15) is 4.79 Å². The van der Waals surface area contributed by atoms with Gasteiger partial charge in [-0.2, -0.15) is 0 Å². The maximum Gasteiger partial charge on any atom is 0.348 e. The molecule has 0 aliphatic heterocycles. The third-order valence-electron chi connectivity index (χ3n) is 5.17. The number of fused-ring (bicyclic) bond motifs is 1. The Labute approximate surface area is 192 Å². The second-order valence-corrected chi connectivity index (χ2v) is 9.36. The van der Waals surface area contributed by atoms with Crippen LogP contribution in [0.4, 0.5) is 5.82 Å². The molecule has 1 fully saturated rings. The first-order chi connectivity index (χ1) is 15.6. The van der Waals surface area contributed by atoms with Gasteiger partial charge in [0.15, 0.2) is 11.0 Å². The molecule has 5 rings (SSSR count). The van der Waals surface area contributed by atoms with E-state index in [2.05, 4.69) is 29.7 Å². The number of nitrogens with zero attached hydrogens (tertiary/aromatic N) is 6. The molecule has 2 N–H and O–H groups in total. The Morgan fingerprint density at radius 1 is 1.28 bits per heavy atom. The predicted molar refractivity (Wildman–Crippen MR) is 124 cm³/mol. The number of esters is 1. The summed E-state index contributed by atoms with van der Waals surface area (Å²) in [6, 6.07) is 4.29. The molecule has 4 aromatic rings. The van der Waals surface area contributed by atoms with E-state index in [1.807, 2.05) is 19.1 Å². The molecule has 0 bridgehead atoms. The van der Waals surface area contributed by atoms with E-state index < -0.39 is 0 Å². The Morgan fingerprint density at radius 3 is 2.78 bits per heavy atom. The van der Waals surface area contributed by atoms with Crippen LogP contribution >= 0.6 is 23.1 Å². The van der Waals surface area contributed by atoms with Gasteiger partial charge in [0, 0.05) is 24.0 Å². The number of ether oxygens (including phenoxy) is 1. The molecule has 1 aliphatic rings. The van der Waals surface area contributed by atoms with Crippen LogP contribution in [0.2, 0.25) is 0 Å². The van der Waals surface area contributed by atoms with E-state index in [0.29, 0.717) is 45.1 Å². The number of thiophene rings is 1. The van der Waals surface area contributed by atoms with Gasteiger partial charge in [-0.3, -0.25) is 9.55 Å². The van der Waals surface area contributed by atoms with Crippen molar-refractivity contribution < 1.29 is 9.53 Å². The van der Waals surface area contributed by atoms with Gasteiger partial charge < -0.3 is 10.5 Å².